The summed E-state index contributed by atoms with van der Waals surface area (Å²) in [5.41, 5.74) is 2.30. The van der Waals surface area contributed by atoms with Gasteiger partial charge >= 0.3 is 0 Å². The molecular weight excluding hydrogens is 207 g/mol. The molecule has 0 spiro atoms. The van der Waals surface area contributed by atoms with E-state index in [0.717, 1.165) is 0 Å². The number of aromatic nitrogens is 1. The first-order chi connectivity index (χ1) is 7.47. The Hall–Kier alpha value is -1.47. The van der Waals surface area contributed by atoms with E-state index in [1.165, 1.54) is 0 Å². The van der Waals surface area contributed by atoms with E-state index in [4.69, 9.17) is 5.26 Å². The first-order valence-corrected chi connectivity index (χ1v) is 5.29. The molecule has 0 saturated carbocycles. The van der Waals surface area contributed by atoms with Gasteiger partial charge in [0, 0.05) is 17.7 Å². The molecule has 16 heavy (non-hydrogen) atoms. The zero-order valence-electron chi connectivity index (χ0n) is 9.34. The maximum Gasteiger partial charge on any atom is 0.235 e. The summed E-state index contributed by atoms with van der Waals surface area (Å²) in [6.07, 6.45) is 1.32. The second kappa shape index (κ2) is 3.53. The zero-order valence-corrected chi connectivity index (χ0v) is 9.34. The van der Waals surface area contributed by atoms with Crippen LogP contribution in [0.25, 0.3) is 0 Å². The number of halogens is 1. The summed E-state index contributed by atoms with van der Waals surface area (Å²) in [5.74, 6) is -2.33. The predicted molar refractivity (Wildman–Crippen MR) is 56.4 cm³/mol. The summed E-state index contributed by atoms with van der Waals surface area (Å²) >= 11 is 0. The summed E-state index contributed by atoms with van der Waals surface area (Å²) in [6, 6.07) is 2.01. The fourth-order valence-corrected chi connectivity index (χ4v) is 2.40. The summed E-state index contributed by atoms with van der Waals surface area (Å²) in [5, 5.41) is 18.7. The lowest BCUT2D eigenvalue weighted by molar-refractivity contribution is -0.109. The number of aliphatic hydroxyl groups is 1. The van der Waals surface area contributed by atoms with Gasteiger partial charge in [-0.05, 0) is 32.3 Å². The molecule has 1 aromatic heterocycles. The molecule has 1 aromatic rings. The molecule has 1 atom stereocenters. The van der Waals surface area contributed by atoms with Crippen molar-refractivity contribution in [2.45, 2.75) is 39.0 Å². The number of pyridine rings is 1. The Bertz CT molecular complexity index is 489. The Kier molecular flexibility index (Phi) is 2.43. The normalized spacial score (nSPS) is 23.7. The van der Waals surface area contributed by atoms with E-state index in [1.54, 1.807) is 13.8 Å². The third-order valence-electron chi connectivity index (χ3n) is 3.12. The zero-order chi connectivity index (χ0) is 11.9. The third-order valence-corrected chi connectivity index (χ3v) is 3.12. The van der Waals surface area contributed by atoms with Crippen LogP contribution >= 0.6 is 0 Å². The van der Waals surface area contributed by atoms with Crippen molar-refractivity contribution in [2.75, 3.05) is 0 Å². The van der Waals surface area contributed by atoms with Crippen LogP contribution in [0.4, 0.5) is 4.39 Å². The Morgan fingerprint density at radius 3 is 2.81 bits per heavy atom. The van der Waals surface area contributed by atoms with Crippen molar-refractivity contribution >= 4 is 0 Å². The van der Waals surface area contributed by atoms with Crippen LogP contribution in [0.3, 0.4) is 0 Å². The highest BCUT2D eigenvalue weighted by atomic mass is 19.2. The summed E-state index contributed by atoms with van der Waals surface area (Å²) in [7, 11) is 0. The van der Waals surface area contributed by atoms with Crippen LogP contribution in [-0.2, 0) is 12.3 Å². The number of aryl methyl sites for hydroxylation is 2. The highest BCUT2D eigenvalue weighted by Crippen LogP contribution is 2.38. The van der Waals surface area contributed by atoms with Crippen molar-refractivity contribution in [3.8, 4) is 6.07 Å². The van der Waals surface area contributed by atoms with Crippen molar-refractivity contribution in [2.24, 2.45) is 0 Å². The highest BCUT2D eigenvalue weighted by molar-refractivity contribution is 5.48. The number of fused-ring (bicyclic) bond motifs is 1. The van der Waals surface area contributed by atoms with Crippen LogP contribution in [0.15, 0.2) is 0 Å². The van der Waals surface area contributed by atoms with Crippen LogP contribution in [0.2, 0.25) is 0 Å². The van der Waals surface area contributed by atoms with Gasteiger partial charge in [0.25, 0.3) is 0 Å². The van der Waals surface area contributed by atoms with Gasteiger partial charge < -0.3 is 5.11 Å². The predicted octanol–water partition coefficient (Wildman–Crippen LogP) is 2.02. The van der Waals surface area contributed by atoms with Gasteiger partial charge in [0.15, 0.2) is 0 Å². The third kappa shape index (κ3) is 1.48. The maximum absolute atomic E-state index is 14.0. The summed E-state index contributed by atoms with van der Waals surface area (Å²) < 4.78 is 14.0. The molecule has 1 aliphatic carbocycles. The molecule has 0 amide bonds. The molecule has 84 valence electrons. The summed E-state index contributed by atoms with van der Waals surface area (Å²) in [4.78, 5) is 4.22. The lowest BCUT2D eigenvalue weighted by atomic mass is 9.86. The van der Waals surface area contributed by atoms with Crippen LogP contribution in [0, 0.1) is 25.2 Å². The molecule has 0 aromatic carbocycles. The minimum absolute atomic E-state index is 0.0798. The van der Waals surface area contributed by atoms with Gasteiger partial charge in [0.05, 0.1) is 11.3 Å². The van der Waals surface area contributed by atoms with Gasteiger partial charge in [-0.25, -0.2) is 4.39 Å². The minimum atomic E-state index is -2.33. The van der Waals surface area contributed by atoms with Crippen LogP contribution < -0.4 is 0 Å². The molecule has 3 nitrogen and oxygen atoms in total. The van der Waals surface area contributed by atoms with Crippen molar-refractivity contribution in [1.29, 1.82) is 5.26 Å². The SMILES string of the molecule is Cc1nc2c(c(C)c1C#N)C(O)(F)CCC2. The lowest BCUT2D eigenvalue weighted by Gasteiger charge is -2.29. The fourth-order valence-electron chi connectivity index (χ4n) is 2.40. The van der Waals surface area contributed by atoms with Gasteiger partial charge in [-0.3, -0.25) is 4.98 Å². The molecule has 0 bridgehead atoms. The first-order valence-electron chi connectivity index (χ1n) is 5.29. The van der Waals surface area contributed by atoms with Crippen LogP contribution in [-0.4, -0.2) is 10.1 Å². The number of rotatable bonds is 0. The van der Waals surface area contributed by atoms with Gasteiger partial charge in [-0.1, -0.05) is 0 Å². The number of nitriles is 1. The number of alkyl halides is 1. The van der Waals surface area contributed by atoms with E-state index in [-0.39, 0.29) is 12.0 Å². The number of hydrogen-bond donors (Lipinski definition) is 1. The van der Waals surface area contributed by atoms with E-state index < -0.39 is 5.85 Å². The van der Waals surface area contributed by atoms with Crippen molar-refractivity contribution in [3.63, 3.8) is 0 Å². The molecular formula is C12H13FN2O. The van der Waals surface area contributed by atoms with Gasteiger partial charge in [-0.2, -0.15) is 5.26 Å². The Morgan fingerprint density at radius 1 is 1.50 bits per heavy atom. The van der Waals surface area contributed by atoms with Crippen LogP contribution in [0.1, 0.15) is 40.9 Å². The molecule has 0 aliphatic heterocycles. The Labute approximate surface area is 93.6 Å². The summed E-state index contributed by atoms with van der Waals surface area (Å²) in [6.45, 7) is 3.40. The molecule has 1 unspecified atom stereocenters. The van der Waals surface area contributed by atoms with E-state index in [1.807, 2.05) is 6.07 Å². The molecule has 1 N–H and O–H groups in total. The minimum Gasteiger partial charge on any atom is -0.358 e. The van der Waals surface area contributed by atoms with E-state index in [2.05, 4.69) is 4.98 Å². The standard InChI is InChI=1S/C12H13FN2O/c1-7-9(6-14)8(2)15-10-4-3-5-12(13,16)11(7)10/h16H,3-5H2,1-2H3. The monoisotopic (exact) mass is 220 g/mol. The lowest BCUT2D eigenvalue weighted by Crippen LogP contribution is -2.28. The molecule has 2 rings (SSSR count). The highest BCUT2D eigenvalue weighted by Gasteiger charge is 2.37. The molecule has 1 aliphatic rings. The first kappa shape index (κ1) is 11.0. The quantitative estimate of drug-likeness (QED) is 0.727. The molecule has 1 heterocycles. The van der Waals surface area contributed by atoms with Crippen molar-refractivity contribution in [3.05, 3.63) is 28.1 Å². The van der Waals surface area contributed by atoms with Crippen LogP contribution in [0.5, 0.6) is 0 Å². The van der Waals surface area contributed by atoms with E-state index in [9.17, 15) is 9.50 Å². The molecule has 4 heteroatoms. The number of hydrogen-bond acceptors (Lipinski definition) is 3. The average molecular weight is 220 g/mol. The van der Waals surface area contributed by atoms with Gasteiger partial charge in [0.2, 0.25) is 5.85 Å². The van der Waals surface area contributed by atoms with Crippen molar-refractivity contribution < 1.29 is 9.50 Å². The molecule has 0 saturated heterocycles. The smallest absolute Gasteiger partial charge is 0.235 e. The largest absolute Gasteiger partial charge is 0.358 e. The number of nitrogens with zero attached hydrogens (tertiary/aromatic N) is 2. The topological polar surface area (TPSA) is 56.9 Å². The molecule has 0 fully saturated rings. The second-order valence-electron chi connectivity index (χ2n) is 4.24. The van der Waals surface area contributed by atoms with Gasteiger partial charge in [0.1, 0.15) is 6.07 Å². The maximum atomic E-state index is 14.0. The van der Waals surface area contributed by atoms with E-state index >= 15 is 0 Å². The van der Waals surface area contributed by atoms with E-state index in [0.29, 0.717) is 35.4 Å². The Balaban J connectivity index is 2.75. The Morgan fingerprint density at radius 2 is 2.19 bits per heavy atom. The fraction of sp³-hybridized carbons (Fsp3) is 0.500. The van der Waals surface area contributed by atoms with Gasteiger partial charge in [-0.15, -0.1) is 0 Å². The van der Waals surface area contributed by atoms with Crippen molar-refractivity contribution in [1.82, 2.24) is 4.98 Å². The second-order valence-corrected chi connectivity index (χ2v) is 4.24. The average Bonchev–Trinajstić information content (AvgIpc) is 2.16. The molecule has 0 radical (unpaired) electrons.